The van der Waals surface area contributed by atoms with E-state index in [4.69, 9.17) is 5.11 Å². The average molecular weight is 340 g/mol. The normalized spacial score (nSPS) is 11.2. The Hall–Kier alpha value is -2.52. The topological polar surface area (TPSA) is 101 Å². The highest BCUT2D eigenvalue weighted by Gasteiger charge is 2.26. The van der Waals surface area contributed by atoms with Gasteiger partial charge in [-0.05, 0) is 24.3 Å². The number of nitrogens with zero attached hydrogens (tertiary/aromatic N) is 2. The second-order valence-electron chi connectivity index (χ2n) is 4.54. The molecule has 9 heteroatoms. The maximum absolute atomic E-state index is 13.4. The van der Waals surface area contributed by atoms with E-state index in [1.807, 2.05) is 0 Å². The van der Waals surface area contributed by atoms with Crippen LogP contribution in [0.3, 0.4) is 0 Å². The van der Waals surface area contributed by atoms with Crippen molar-refractivity contribution in [3.05, 3.63) is 64.5 Å². The van der Waals surface area contributed by atoms with Crippen molar-refractivity contribution in [2.45, 2.75) is 4.90 Å². The summed E-state index contributed by atoms with van der Waals surface area (Å²) in [5.74, 6) is -0.639. The summed E-state index contributed by atoms with van der Waals surface area (Å²) >= 11 is 0. The minimum atomic E-state index is -4.19. The average Bonchev–Trinajstić information content (AvgIpc) is 2.52. The van der Waals surface area contributed by atoms with Gasteiger partial charge in [0, 0.05) is 12.1 Å². The molecular weight excluding hydrogens is 327 g/mol. The minimum Gasteiger partial charge on any atom is -0.394 e. The molecule has 122 valence electrons. The molecule has 1 N–H and O–H groups in total. The molecule has 0 unspecified atom stereocenters. The third-order valence-electron chi connectivity index (χ3n) is 3.02. The predicted molar refractivity (Wildman–Crippen MR) is 81.1 cm³/mol. The molecule has 0 spiro atoms. The second kappa shape index (κ2) is 6.71. The zero-order chi connectivity index (χ0) is 17.0. The van der Waals surface area contributed by atoms with Crippen molar-refractivity contribution in [1.82, 2.24) is 0 Å². The van der Waals surface area contributed by atoms with Crippen LogP contribution in [0.4, 0.5) is 15.8 Å². The Labute approximate surface area is 131 Å². The first kappa shape index (κ1) is 16.8. The molecule has 0 saturated carbocycles. The molecule has 0 fully saturated rings. The molecule has 0 heterocycles. The summed E-state index contributed by atoms with van der Waals surface area (Å²) in [4.78, 5) is 9.77. The lowest BCUT2D eigenvalue weighted by Gasteiger charge is -2.23. The lowest BCUT2D eigenvalue weighted by molar-refractivity contribution is -0.385. The highest BCUT2D eigenvalue weighted by molar-refractivity contribution is 7.92. The fourth-order valence-corrected chi connectivity index (χ4v) is 3.48. The highest BCUT2D eigenvalue weighted by atomic mass is 32.2. The minimum absolute atomic E-state index is 0.0190. The summed E-state index contributed by atoms with van der Waals surface area (Å²) in [6, 6.07) is 9.38. The van der Waals surface area contributed by atoms with Gasteiger partial charge in [-0.15, -0.1) is 0 Å². The Kier molecular flexibility index (Phi) is 4.92. The van der Waals surface area contributed by atoms with Crippen LogP contribution in [0.25, 0.3) is 0 Å². The molecular formula is C14H13FN2O5S. The monoisotopic (exact) mass is 340 g/mol. The van der Waals surface area contributed by atoms with Crippen molar-refractivity contribution < 1.29 is 22.8 Å². The standard InChI is InChI=1S/C14H13FN2O5S/c15-11-3-1-4-12(9-11)16(7-8-18)23(21,22)14-6-2-5-13(10-14)17(19)20/h1-6,9-10,18H,7-8H2. The van der Waals surface area contributed by atoms with Gasteiger partial charge in [0.1, 0.15) is 5.82 Å². The molecule has 23 heavy (non-hydrogen) atoms. The number of sulfonamides is 1. The van der Waals surface area contributed by atoms with Crippen molar-refractivity contribution in [2.24, 2.45) is 0 Å². The molecule has 0 aliphatic rings. The molecule has 0 amide bonds. The molecule has 0 aliphatic heterocycles. The van der Waals surface area contributed by atoms with Gasteiger partial charge in [-0.3, -0.25) is 14.4 Å². The highest BCUT2D eigenvalue weighted by Crippen LogP contribution is 2.26. The fraction of sp³-hybridized carbons (Fsp3) is 0.143. The second-order valence-corrected chi connectivity index (χ2v) is 6.40. The number of rotatable bonds is 6. The first-order chi connectivity index (χ1) is 10.9. The van der Waals surface area contributed by atoms with E-state index in [1.54, 1.807) is 0 Å². The molecule has 0 saturated heterocycles. The lowest BCUT2D eigenvalue weighted by Crippen LogP contribution is -2.33. The van der Waals surface area contributed by atoms with E-state index in [-0.39, 0.29) is 22.8 Å². The Bertz CT molecular complexity index is 825. The summed E-state index contributed by atoms with van der Waals surface area (Å²) in [5, 5.41) is 19.9. The number of nitro groups is 1. The number of anilines is 1. The van der Waals surface area contributed by atoms with E-state index in [2.05, 4.69) is 0 Å². The number of aliphatic hydroxyl groups excluding tert-OH is 1. The number of non-ortho nitro benzene ring substituents is 1. The van der Waals surface area contributed by atoms with E-state index in [0.29, 0.717) is 0 Å². The lowest BCUT2D eigenvalue weighted by atomic mass is 10.3. The van der Waals surface area contributed by atoms with Gasteiger partial charge >= 0.3 is 0 Å². The van der Waals surface area contributed by atoms with Crippen LogP contribution in [0, 0.1) is 15.9 Å². The Morgan fingerprint density at radius 1 is 1.17 bits per heavy atom. The van der Waals surface area contributed by atoms with E-state index in [9.17, 15) is 22.9 Å². The van der Waals surface area contributed by atoms with Crippen LogP contribution < -0.4 is 4.31 Å². The number of aliphatic hydroxyl groups is 1. The van der Waals surface area contributed by atoms with Crippen LogP contribution in [0.2, 0.25) is 0 Å². The number of nitro benzene ring substituents is 1. The van der Waals surface area contributed by atoms with Crippen molar-refractivity contribution in [3.8, 4) is 0 Å². The Morgan fingerprint density at radius 3 is 2.48 bits per heavy atom. The van der Waals surface area contributed by atoms with Crippen LogP contribution in [0.15, 0.2) is 53.4 Å². The van der Waals surface area contributed by atoms with Gasteiger partial charge in [-0.25, -0.2) is 12.8 Å². The summed E-state index contributed by atoms with van der Waals surface area (Å²) in [6.45, 7) is -0.806. The molecule has 0 aliphatic carbocycles. The van der Waals surface area contributed by atoms with Gasteiger partial charge in [0.25, 0.3) is 15.7 Å². The van der Waals surface area contributed by atoms with E-state index < -0.39 is 27.4 Å². The molecule has 0 radical (unpaired) electrons. The van der Waals surface area contributed by atoms with Crippen LogP contribution in [-0.4, -0.2) is 31.6 Å². The van der Waals surface area contributed by atoms with Crippen molar-refractivity contribution in [1.29, 1.82) is 0 Å². The van der Waals surface area contributed by atoms with Crippen molar-refractivity contribution in [3.63, 3.8) is 0 Å². The predicted octanol–water partition coefficient (Wildman–Crippen LogP) is 1.92. The molecule has 7 nitrogen and oxygen atoms in total. The summed E-state index contributed by atoms with van der Waals surface area (Å²) in [5.41, 5.74) is -0.361. The third kappa shape index (κ3) is 3.63. The maximum atomic E-state index is 13.4. The zero-order valence-electron chi connectivity index (χ0n) is 11.8. The van der Waals surface area contributed by atoms with Gasteiger partial charge in [0.2, 0.25) is 0 Å². The van der Waals surface area contributed by atoms with Gasteiger partial charge in [-0.2, -0.15) is 0 Å². The van der Waals surface area contributed by atoms with E-state index >= 15 is 0 Å². The molecule has 0 atom stereocenters. The quantitative estimate of drug-likeness (QED) is 0.639. The van der Waals surface area contributed by atoms with Gasteiger partial charge in [-0.1, -0.05) is 12.1 Å². The SMILES string of the molecule is O=[N+]([O-])c1cccc(S(=O)(=O)N(CCO)c2cccc(F)c2)c1. The molecule has 0 aromatic heterocycles. The molecule has 2 aromatic carbocycles. The number of hydrogen-bond acceptors (Lipinski definition) is 5. The van der Waals surface area contributed by atoms with Crippen LogP contribution in [0.5, 0.6) is 0 Å². The summed E-state index contributed by atoms with van der Waals surface area (Å²) in [6.07, 6.45) is 0. The summed E-state index contributed by atoms with van der Waals surface area (Å²) in [7, 11) is -4.19. The van der Waals surface area contributed by atoms with Gasteiger partial charge < -0.3 is 5.11 Å². The number of benzene rings is 2. The Balaban J connectivity index is 2.53. The summed E-state index contributed by atoms with van der Waals surface area (Å²) < 4.78 is 39.5. The number of halogens is 1. The maximum Gasteiger partial charge on any atom is 0.270 e. The largest absolute Gasteiger partial charge is 0.394 e. The van der Waals surface area contributed by atoms with Gasteiger partial charge in [0.15, 0.2) is 0 Å². The molecule has 2 rings (SSSR count). The fourth-order valence-electron chi connectivity index (χ4n) is 1.99. The molecule has 0 bridgehead atoms. The smallest absolute Gasteiger partial charge is 0.270 e. The van der Waals surface area contributed by atoms with Crippen molar-refractivity contribution >= 4 is 21.4 Å². The first-order valence-electron chi connectivity index (χ1n) is 6.50. The van der Waals surface area contributed by atoms with Crippen molar-refractivity contribution in [2.75, 3.05) is 17.5 Å². The number of hydrogen-bond donors (Lipinski definition) is 1. The first-order valence-corrected chi connectivity index (χ1v) is 7.94. The Morgan fingerprint density at radius 2 is 1.87 bits per heavy atom. The van der Waals surface area contributed by atoms with Gasteiger partial charge in [0.05, 0.1) is 28.7 Å². The third-order valence-corrected chi connectivity index (χ3v) is 4.84. The van der Waals surface area contributed by atoms with Crippen LogP contribution >= 0.6 is 0 Å². The van der Waals surface area contributed by atoms with Crippen LogP contribution in [-0.2, 0) is 10.0 Å². The zero-order valence-corrected chi connectivity index (χ0v) is 12.6. The van der Waals surface area contributed by atoms with E-state index in [1.165, 1.54) is 24.3 Å². The van der Waals surface area contributed by atoms with E-state index in [0.717, 1.165) is 28.6 Å². The van der Waals surface area contributed by atoms with Crippen LogP contribution in [0.1, 0.15) is 0 Å². The molecule has 2 aromatic rings.